The van der Waals surface area contributed by atoms with Crippen molar-refractivity contribution >= 4 is 5.82 Å². The summed E-state index contributed by atoms with van der Waals surface area (Å²) in [6.45, 7) is 11.8. The fourth-order valence-corrected chi connectivity index (χ4v) is 3.44. The van der Waals surface area contributed by atoms with Crippen LogP contribution in [0, 0.1) is 0 Å². The van der Waals surface area contributed by atoms with Crippen LogP contribution >= 0.6 is 0 Å². The molecule has 7 heteroatoms. The molecule has 1 atom stereocenters. The maximum Gasteiger partial charge on any atom is 0.131 e. The van der Waals surface area contributed by atoms with Gasteiger partial charge in [0.25, 0.3) is 0 Å². The second-order valence-electron chi connectivity index (χ2n) is 7.11. The molecule has 0 bridgehead atoms. The first-order valence-electron chi connectivity index (χ1n) is 9.13. The number of aromatic nitrogens is 4. The summed E-state index contributed by atoms with van der Waals surface area (Å²) in [5.41, 5.74) is 2.50. The minimum atomic E-state index is 0.354. The van der Waals surface area contributed by atoms with E-state index < -0.39 is 0 Å². The van der Waals surface area contributed by atoms with Crippen LogP contribution in [0.15, 0.2) is 18.7 Å². The van der Waals surface area contributed by atoms with E-state index in [4.69, 9.17) is 9.84 Å². The number of ether oxygens (including phenoxy) is 1. The first-order chi connectivity index (χ1) is 12.1. The zero-order valence-electron chi connectivity index (χ0n) is 15.8. The highest BCUT2D eigenvalue weighted by Gasteiger charge is 2.24. The number of anilines is 1. The Morgan fingerprint density at radius 1 is 1.24 bits per heavy atom. The zero-order valence-corrected chi connectivity index (χ0v) is 15.8. The maximum absolute atomic E-state index is 5.52. The molecule has 25 heavy (non-hydrogen) atoms. The van der Waals surface area contributed by atoms with Crippen LogP contribution in [0.4, 0.5) is 5.82 Å². The predicted molar refractivity (Wildman–Crippen MR) is 98.9 cm³/mol. The van der Waals surface area contributed by atoms with Gasteiger partial charge in [-0.1, -0.05) is 13.8 Å². The molecule has 2 aromatic rings. The number of nitrogens with one attached hydrogen (secondary N) is 1. The highest BCUT2D eigenvalue weighted by molar-refractivity contribution is 5.51. The molecule has 0 aliphatic carbocycles. The fraction of sp³-hybridized carbons (Fsp3) is 0.667. The van der Waals surface area contributed by atoms with Crippen LogP contribution in [0.5, 0.6) is 0 Å². The Kier molecular flexibility index (Phi) is 5.75. The van der Waals surface area contributed by atoms with Gasteiger partial charge in [0.1, 0.15) is 5.82 Å². The molecule has 1 aliphatic heterocycles. The van der Waals surface area contributed by atoms with E-state index in [1.165, 1.54) is 17.1 Å². The molecule has 1 aliphatic rings. The Morgan fingerprint density at radius 2 is 2.00 bits per heavy atom. The average molecular weight is 346 g/mol. The lowest BCUT2D eigenvalue weighted by atomic mass is 10.0. The van der Waals surface area contributed by atoms with Crippen molar-refractivity contribution in [3.8, 4) is 0 Å². The van der Waals surface area contributed by atoms with Gasteiger partial charge < -0.3 is 19.5 Å². The smallest absolute Gasteiger partial charge is 0.131 e. The Bertz CT molecular complexity index is 657. The van der Waals surface area contributed by atoms with Gasteiger partial charge in [-0.2, -0.15) is 5.10 Å². The van der Waals surface area contributed by atoms with E-state index in [2.05, 4.69) is 47.6 Å². The van der Waals surface area contributed by atoms with Crippen molar-refractivity contribution in [2.24, 2.45) is 7.05 Å². The van der Waals surface area contributed by atoms with Gasteiger partial charge in [0.2, 0.25) is 0 Å². The lowest BCUT2D eigenvalue weighted by Crippen LogP contribution is -2.38. The van der Waals surface area contributed by atoms with E-state index in [9.17, 15) is 0 Å². The van der Waals surface area contributed by atoms with Crippen molar-refractivity contribution < 1.29 is 4.74 Å². The highest BCUT2D eigenvalue weighted by Crippen LogP contribution is 2.29. The van der Waals surface area contributed by atoms with Crippen molar-refractivity contribution in [3.63, 3.8) is 0 Å². The third-order valence-corrected chi connectivity index (χ3v) is 4.67. The minimum absolute atomic E-state index is 0.354. The molecule has 0 amide bonds. The van der Waals surface area contributed by atoms with Crippen LogP contribution < -0.4 is 10.2 Å². The molecular weight excluding hydrogens is 316 g/mol. The molecule has 7 nitrogen and oxygen atoms in total. The topological polar surface area (TPSA) is 60.1 Å². The van der Waals surface area contributed by atoms with E-state index in [1.807, 2.05) is 23.4 Å². The Morgan fingerprint density at radius 3 is 2.64 bits per heavy atom. The molecule has 0 saturated carbocycles. The van der Waals surface area contributed by atoms with Crippen LogP contribution in [0.1, 0.15) is 37.9 Å². The van der Waals surface area contributed by atoms with E-state index in [0.29, 0.717) is 12.0 Å². The minimum Gasteiger partial charge on any atom is -0.378 e. The molecule has 1 saturated heterocycles. The van der Waals surface area contributed by atoms with Crippen LogP contribution in [-0.2, 0) is 24.9 Å². The first-order valence-corrected chi connectivity index (χ1v) is 9.13. The van der Waals surface area contributed by atoms with Crippen LogP contribution in [-0.4, -0.2) is 51.7 Å². The van der Waals surface area contributed by atoms with Crippen LogP contribution in [0.25, 0.3) is 0 Å². The van der Waals surface area contributed by atoms with Gasteiger partial charge in [-0.3, -0.25) is 4.68 Å². The number of aryl methyl sites for hydroxylation is 1. The second kappa shape index (κ2) is 8.01. The quantitative estimate of drug-likeness (QED) is 0.828. The first kappa shape index (κ1) is 17.9. The fourth-order valence-electron chi connectivity index (χ4n) is 3.44. The standard InChI is InChI=1S/C18H30N6O/c1-14(2)17-16(11-20-15(3)12-23-6-5-19-13-23)18(22(4)21-17)24-7-9-25-10-8-24/h5-6,13-15,20H,7-12H2,1-4H3/t15-/m1/s1. The maximum atomic E-state index is 5.52. The van der Waals surface area contributed by atoms with E-state index >= 15 is 0 Å². The van der Waals surface area contributed by atoms with Gasteiger partial charge in [-0.25, -0.2) is 4.98 Å². The Balaban J connectivity index is 1.75. The third kappa shape index (κ3) is 4.22. The van der Waals surface area contributed by atoms with Crippen molar-refractivity contribution in [2.75, 3.05) is 31.2 Å². The Hall–Kier alpha value is -1.86. The number of rotatable bonds is 7. The van der Waals surface area contributed by atoms with Gasteiger partial charge in [0, 0.05) is 57.2 Å². The zero-order chi connectivity index (χ0) is 17.8. The molecule has 138 valence electrons. The highest BCUT2D eigenvalue weighted by atomic mass is 16.5. The second-order valence-corrected chi connectivity index (χ2v) is 7.11. The van der Waals surface area contributed by atoms with Crippen LogP contribution in [0.3, 0.4) is 0 Å². The normalized spacial score (nSPS) is 16.6. The molecule has 0 radical (unpaired) electrons. The summed E-state index contributed by atoms with van der Waals surface area (Å²) < 4.78 is 9.66. The molecule has 1 fully saturated rings. The summed E-state index contributed by atoms with van der Waals surface area (Å²) in [6, 6.07) is 0.354. The summed E-state index contributed by atoms with van der Waals surface area (Å²) in [6.07, 6.45) is 5.68. The average Bonchev–Trinajstić information content (AvgIpc) is 3.21. The SMILES string of the molecule is CC(C)c1nn(C)c(N2CCOCC2)c1CN[C@H](C)Cn1ccnc1. The molecule has 0 unspecified atom stereocenters. The van der Waals surface area contributed by atoms with Crippen LogP contribution in [0.2, 0.25) is 0 Å². The lowest BCUT2D eigenvalue weighted by Gasteiger charge is -2.30. The number of hydrogen-bond donors (Lipinski definition) is 1. The van der Waals surface area contributed by atoms with Gasteiger partial charge in [-0.05, 0) is 12.8 Å². The number of nitrogens with zero attached hydrogens (tertiary/aromatic N) is 5. The Labute approximate surface area is 150 Å². The monoisotopic (exact) mass is 346 g/mol. The molecular formula is C18H30N6O. The summed E-state index contributed by atoms with van der Waals surface area (Å²) in [7, 11) is 2.05. The van der Waals surface area contributed by atoms with Crippen molar-refractivity contribution in [1.82, 2.24) is 24.6 Å². The molecule has 2 aromatic heterocycles. The summed E-state index contributed by atoms with van der Waals surface area (Å²) in [4.78, 5) is 6.52. The number of hydrogen-bond acceptors (Lipinski definition) is 5. The molecule has 3 rings (SSSR count). The molecule has 1 N–H and O–H groups in total. The summed E-state index contributed by atoms with van der Waals surface area (Å²) >= 11 is 0. The van der Waals surface area contributed by atoms with E-state index in [1.54, 1.807) is 0 Å². The summed E-state index contributed by atoms with van der Waals surface area (Å²) in [5.74, 6) is 1.64. The molecule has 0 aromatic carbocycles. The molecule has 3 heterocycles. The molecule has 0 spiro atoms. The summed E-state index contributed by atoms with van der Waals surface area (Å²) in [5, 5.41) is 8.48. The third-order valence-electron chi connectivity index (χ3n) is 4.67. The lowest BCUT2D eigenvalue weighted by molar-refractivity contribution is 0.122. The largest absolute Gasteiger partial charge is 0.378 e. The van der Waals surface area contributed by atoms with Crippen molar-refractivity contribution in [3.05, 3.63) is 30.0 Å². The van der Waals surface area contributed by atoms with Gasteiger partial charge in [0.15, 0.2) is 0 Å². The van der Waals surface area contributed by atoms with Gasteiger partial charge in [-0.15, -0.1) is 0 Å². The van der Waals surface area contributed by atoms with Crippen molar-refractivity contribution in [1.29, 1.82) is 0 Å². The van der Waals surface area contributed by atoms with E-state index in [-0.39, 0.29) is 0 Å². The number of morpholine rings is 1. The van der Waals surface area contributed by atoms with Gasteiger partial charge in [0.05, 0.1) is 25.2 Å². The number of imidazole rings is 1. The van der Waals surface area contributed by atoms with Gasteiger partial charge >= 0.3 is 0 Å². The van der Waals surface area contributed by atoms with Crippen molar-refractivity contribution in [2.45, 2.75) is 45.8 Å². The predicted octanol–water partition coefficient (Wildman–Crippen LogP) is 1.75. The van der Waals surface area contributed by atoms with E-state index in [0.717, 1.165) is 39.4 Å².